The summed E-state index contributed by atoms with van der Waals surface area (Å²) in [7, 11) is 0. The van der Waals surface area contributed by atoms with E-state index in [1.54, 1.807) is 36.4 Å². The largest absolute Gasteiger partial charge is 0.389 e. The average molecular weight is 406 g/mol. The van der Waals surface area contributed by atoms with Crippen molar-refractivity contribution in [1.29, 1.82) is 5.26 Å². The van der Waals surface area contributed by atoms with E-state index in [-0.39, 0.29) is 18.0 Å². The van der Waals surface area contributed by atoms with E-state index in [1.165, 1.54) is 0 Å². The van der Waals surface area contributed by atoms with E-state index < -0.39 is 17.0 Å². The Balaban J connectivity index is 1.56. The molecule has 2 N–H and O–H groups in total. The Kier molecular flexibility index (Phi) is 6.11. The van der Waals surface area contributed by atoms with E-state index >= 15 is 0 Å². The fourth-order valence-electron chi connectivity index (χ4n) is 2.89. The molecule has 0 unspecified atom stereocenters. The first-order valence-corrected chi connectivity index (χ1v) is 9.16. The summed E-state index contributed by atoms with van der Waals surface area (Å²) in [4.78, 5) is 13.5. The van der Waals surface area contributed by atoms with E-state index in [0.717, 1.165) is 11.1 Å². The Morgan fingerprint density at radius 3 is 2.59 bits per heavy atom. The van der Waals surface area contributed by atoms with Gasteiger partial charge < -0.3 is 15.3 Å². The van der Waals surface area contributed by atoms with Gasteiger partial charge in [-0.25, -0.2) is 0 Å². The molecule has 9 heteroatoms. The minimum atomic E-state index is -0.720. The van der Waals surface area contributed by atoms with E-state index in [0.29, 0.717) is 18.9 Å². The van der Waals surface area contributed by atoms with Crippen molar-refractivity contribution in [2.45, 2.75) is 23.4 Å². The van der Waals surface area contributed by atoms with Gasteiger partial charge in [0.15, 0.2) is 11.5 Å². The molecule has 0 aliphatic carbocycles. The van der Waals surface area contributed by atoms with Gasteiger partial charge in [-0.05, 0) is 23.3 Å². The first-order chi connectivity index (χ1) is 13.0. The second-order valence-corrected chi connectivity index (χ2v) is 7.35. The third-order valence-electron chi connectivity index (χ3n) is 4.32. The van der Waals surface area contributed by atoms with Crippen LogP contribution in [0.1, 0.15) is 21.7 Å². The summed E-state index contributed by atoms with van der Waals surface area (Å²) >= 11 is 11.6. The number of nitrogens with zero attached hydrogens (tertiary/aromatic N) is 4. The molecule has 3 rings (SSSR count). The summed E-state index contributed by atoms with van der Waals surface area (Å²) in [5.74, 6) is 0.366. The van der Waals surface area contributed by atoms with Crippen molar-refractivity contribution in [2.75, 3.05) is 18.0 Å². The van der Waals surface area contributed by atoms with Gasteiger partial charge in [-0.1, -0.05) is 24.3 Å². The predicted molar refractivity (Wildman–Crippen MR) is 101 cm³/mol. The van der Waals surface area contributed by atoms with Crippen LogP contribution in [-0.4, -0.2) is 46.4 Å². The topological polar surface area (TPSA) is 102 Å². The molecule has 2 aromatic rings. The van der Waals surface area contributed by atoms with Gasteiger partial charge in [0.2, 0.25) is 5.91 Å². The van der Waals surface area contributed by atoms with Crippen LogP contribution in [0.4, 0.5) is 5.82 Å². The van der Waals surface area contributed by atoms with Gasteiger partial charge in [0.1, 0.15) is 10.9 Å². The number of carbonyl (C=O) groups is 1. The number of nitriles is 1. The maximum Gasteiger partial charge on any atom is 0.224 e. The summed E-state index contributed by atoms with van der Waals surface area (Å²) < 4.78 is 0. The lowest BCUT2D eigenvalue weighted by Crippen LogP contribution is -2.43. The normalized spacial score (nSPS) is 19.1. The number of hydrogen-bond acceptors (Lipinski definition) is 6. The zero-order valence-corrected chi connectivity index (χ0v) is 15.7. The first-order valence-electron chi connectivity index (χ1n) is 8.29. The SMILES string of the molecule is N#Cc1ccc(N2C[C@@H](O)[C@@H](NC(=O)Cc3ccc(C(Cl)Cl)cc3)C2)nn1. The average Bonchev–Trinajstić information content (AvgIpc) is 3.02. The summed E-state index contributed by atoms with van der Waals surface area (Å²) in [6.07, 6.45) is -0.530. The quantitative estimate of drug-likeness (QED) is 0.734. The van der Waals surface area contributed by atoms with Gasteiger partial charge in [0.05, 0.1) is 18.6 Å². The van der Waals surface area contributed by atoms with Crippen molar-refractivity contribution in [1.82, 2.24) is 15.5 Å². The molecule has 1 aromatic heterocycles. The van der Waals surface area contributed by atoms with E-state index in [2.05, 4.69) is 15.5 Å². The van der Waals surface area contributed by atoms with Crippen molar-refractivity contribution in [2.24, 2.45) is 0 Å². The number of carbonyl (C=O) groups excluding carboxylic acids is 1. The standard InChI is InChI=1S/C18H17Cl2N5O2/c19-18(20)12-3-1-11(2-4-12)7-17(27)22-14-9-25(10-15(14)26)16-6-5-13(8-21)23-24-16/h1-6,14-15,18,26H,7,9-10H2,(H,22,27)/t14-,15+/m0/s1. The van der Waals surface area contributed by atoms with Gasteiger partial charge in [-0.2, -0.15) is 5.26 Å². The molecule has 2 atom stereocenters. The van der Waals surface area contributed by atoms with E-state index in [9.17, 15) is 9.90 Å². The summed E-state index contributed by atoms with van der Waals surface area (Å²) in [6, 6.07) is 11.9. The maximum absolute atomic E-state index is 12.3. The lowest BCUT2D eigenvalue weighted by atomic mass is 10.1. The van der Waals surface area contributed by atoms with Crippen molar-refractivity contribution in [3.8, 4) is 6.07 Å². The van der Waals surface area contributed by atoms with E-state index in [1.807, 2.05) is 11.0 Å². The highest BCUT2D eigenvalue weighted by Gasteiger charge is 2.33. The second-order valence-electron chi connectivity index (χ2n) is 6.25. The number of β-amino-alcohol motifs (C(OH)–C–C–N with tert-alkyl or cyclic N) is 1. The minimum absolute atomic E-state index is 0.187. The van der Waals surface area contributed by atoms with Crippen LogP contribution < -0.4 is 10.2 Å². The number of hydrogen-bond donors (Lipinski definition) is 2. The Morgan fingerprint density at radius 2 is 2.00 bits per heavy atom. The maximum atomic E-state index is 12.3. The first kappa shape index (κ1) is 19.4. The number of amides is 1. The Bertz CT molecular complexity index is 836. The van der Waals surface area contributed by atoms with Crippen LogP contribution in [0.25, 0.3) is 0 Å². The lowest BCUT2D eigenvalue weighted by Gasteiger charge is -2.17. The summed E-state index contributed by atoms with van der Waals surface area (Å²) in [5, 5.41) is 29.6. The van der Waals surface area contributed by atoms with Crippen LogP contribution in [0, 0.1) is 11.3 Å². The molecule has 140 valence electrons. The molecule has 1 aliphatic heterocycles. The molecule has 0 radical (unpaired) electrons. The fourth-order valence-corrected chi connectivity index (χ4v) is 3.18. The van der Waals surface area contributed by atoms with Crippen LogP contribution in [0.5, 0.6) is 0 Å². The Morgan fingerprint density at radius 1 is 1.26 bits per heavy atom. The van der Waals surface area contributed by atoms with Gasteiger partial charge in [0, 0.05) is 13.1 Å². The van der Waals surface area contributed by atoms with Crippen LogP contribution in [0.2, 0.25) is 0 Å². The predicted octanol–water partition coefficient (Wildman–Crippen LogP) is 1.73. The number of aliphatic hydroxyl groups excluding tert-OH is 1. The molecule has 0 saturated carbocycles. The van der Waals surface area contributed by atoms with Crippen molar-refractivity contribution in [3.05, 3.63) is 53.2 Å². The van der Waals surface area contributed by atoms with E-state index in [4.69, 9.17) is 28.5 Å². The van der Waals surface area contributed by atoms with Crippen LogP contribution in [-0.2, 0) is 11.2 Å². The highest BCUT2D eigenvalue weighted by molar-refractivity contribution is 6.44. The van der Waals surface area contributed by atoms with Crippen molar-refractivity contribution < 1.29 is 9.90 Å². The van der Waals surface area contributed by atoms with Gasteiger partial charge in [0.25, 0.3) is 0 Å². The van der Waals surface area contributed by atoms with Gasteiger partial charge in [-0.3, -0.25) is 4.79 Å². The molecule has 0 bridgehead atoms. The summed E-state index contributed by atoms with van der Waals surface area (Å²) in [5.41, 5.74) is 1.82. The number of aromatic nitrogens is 2. The number of rotatable bonds is 5. The zero-order chi connectivity index (χ0) is 19.4. The highest BCUT2D eigenvalue weighted by Crippen LogP contribution is 2.24. The molecule has 1 aliphatic rings. The number of aliphatic hydroxyl groups is 1. The molecule has 0 spiro atoms. The minimum Gasteiger partial charge on any atom is -0.389 e. The van der Waals surface area contributed by atoms with Crippen molar-refractivity contribution >= 4 is 34.9 Å². The Labute approximate surface area is 166 Å². The molecular formula is C18H17Cl2N5O2. The van der Waals surface area contributed by atoms with Crippen LogP contribution in [0.3, 0.4) is 0 Å². The lowest BCUT2D eigenvalue weighted by molar-refractivity contribution is -0.121. The fraction of sp³-hybridized carbons (Fsp3) is 0.333. The molecule has 1 amide bonds. The number of nitrogens with one attached hydrogen (secondary N) is 1. The van der Waals surface area contributed by atoms with Crippen LogP contribution >= 0.6 is 23.2 Å². The molecular weight excluding hydrogens is 389 g/mol. The summed E-state index contributed by atoms with van der Waals surface area (Å²) in [6.45, 7) is 0.736. The monoisotopic (exact) mass is 405 g/mol. The molecule has 2 heterocycles. The third kappa shape index (κ3) is 4.86. The smallest absolute Gasteiger partial charge is 0.224 e. The number of alkyl halides is 2. The molecule has 1 saturated heterocycles. The Hall–Kier alpha value is -2.40. The second kappa shape index (κ2) is 8.53. The van der Waals surface area contributed by atoms with Gasteiger partial charge in [-0.15, -0.1) is 33.4 Å². The third-order valence-corrected chi connectivity index (χ3v) is 4.82. The molecule has 1 fully saturated rings. The van der Waals surface area contributed by atoms with Crippen molar-refractivity contribution in [3.63, 3.8) is 0 Å². The molecule has 27 heavy (non-hydrogen) atoms. The van der Waals surface area contributed by atoms with Gasteiger partial charge >= 0.3 is 0 Å². The molecule has 7 nitrogen and oxygen atoms in total. The number of anilines is 1. The number of benzene rings is 1. The number of halogens is 2. The highest BCUT2D eigenvalue weighted by atomic mass is 35.5. The zero-order valence-electron chi connectivity index (χ0n) is 14.2. The van der Waals surface area contributed by atoms with Crippen LogP contribution in [0.15, 0.2) is 36.4 Å². The molecule has 1 aromatic carbocycles.